The van der Waals surface area contributed by atoms with E-state index < -0.39 is 0 Å². The first-order valence-electron chi connectivity index (χ1n) is 8.52. The zero-order valence-corrected chi connectivity index (χ0v) is 13.1. The highest BCUT2D eigenvalue weighted by Crippen LogP contribution is 2.28. The molecule has 0 bridgehead atoms. The molecule has 2 saturated heterocycles. The van der Waals surface area contributed by atoms with Crippen LogP contribution < -0.4 is 11.1 Å². The molecule has 3 rings (SSSR count). The Labute approximate surface area is 127 Å². The minimum Gasteiger partial charge on any atom is -0.373 e. The summed E-state index contributed by atoms with van der Waals surface area (Å²) in [5, 5.41) is 3.11. The van der Waals surface area contributed by atoms with E-state index in [2.05, 4.69) is 17.1 Å². The van der Waals surface area contributed by atoms with Crippen molar-refractivity contribution in [3.8, 4) is 0 Å². The maximum atomic E-state index is 12.3. The Morgan fingerprint density at radius 3 is 3.05 bits per heavy atom. The average molecular weight is 295 g/mol. The Hall–Kier alpha value is -0.650. The lowest BCUT2D eigenvalue weighted by molar-refractivity contribution is -0.128. The van der Waals surface area contributed by atoms with Gasteiger partial charge in [-0.2, -0.15) is 0 Å². The number of nitrogens with zero attached hydrogens (tertiary/aromatic N) is 1. The summed E-state index contributed by atoms with van der Waals surface area (Å²) >= 11 is 0. The molecule has 3 N–H and O–H groups in total. The predicted octanol–water partition coefficient (Wildman–Crippen LogP) is 0.729. The van der Waals surface area contributed by atoms with Crippen LogP contribution >= 0.6 is 0 Å². The van der Waals surface area contributed by atoms with Crippen LogP contribution in [0.1, 0.15) is 39.0 Å². The van der Waals surface area contributed by atoms with Crippen molar-refractivity contribution >= 4 is 5.91 Å². The van der Waals surface area contributed by atoms with Crippen LogP contribution in [0.3, 0.4) is 0 Å². The third-order valence-corrected chi connectivity index (χ3v) is 5.57. The van der Waals surface area contributed by atoms with Crippen molar-refractivity contribution in [1.82, 2.24) is 10.2 Å². The van der Waals surface area contributed by atoms with E-state index in [-0.39, 0.29) is 24.0 Å². The second-order valence-electron chi connectivity index (χ2n) is 7.14. The van der Waals surface area contributed by atoms with E-state index in [9.17, 15) is 4.79 Å². The molecule has 0 aromatic carbocycles. The molecule has 2 heterocycles. The first-order valence-corrected chi connectivity index (χ1v) is 8.52. The number of rotatable bonds is 3. The maximum absolute atomic E-state index is 12.3. The molecule has 0 radical (unpaired) electrons. The summed E-state index contributed by atoms with van der Waals surface area (Å²) in [5.74, 6) is 0.787. The molecule has 5 unspecified atom stereocenters. The smallest absolute Gasteiger partial charge is 0.223 e. The number of ether oxygens (including phenoxy) is 1. The highest BCUT2D eigenvalue weighted by atomic mass is 16.5. The van der Waals surface area contributed by atoms with E-state index in [0.717, 1.165) is 32.4 Å². The van der Waals surface area contributed by atoms with Gasteiger partial charge in [0.05, 0.1) is 12.7 Å². The van der Waals surface area contributed by atoms with Crippen molar-refractivity contribution in [2.75, 3.05) is 26.2 Å². The van der Waals surface area contributed by atoms with Gasteiger partial charge in [-0.25, -0.2) is 0 Å². The summed E-state index contributed by atoms with van der Waals surface area (Å²) in [7, 11) is 0. The van der Waals surface area contributed by atoms with Gasteiger partial charge in [0.25, 0.3) is 0 Å². The molecule has 3 fully saturated rings. The van der Waals surface area contributed by atoms with Gasteiger partial charge in [0.15, 0.2) is 0 Å². The number of fused-ring (bicyclic) bond motifs is 1. The molecule has 120 valence electrons. The second-order valence-corrected chi connectivity index (χ2v) is 7.14. The molecular weight excluding hydrogens is 266 g/mol. The van der Waals surface area contributed by atoms with Gasteiger partial charge in [0.2, 0.25) is 5.91 Å². The Balaban J connectivity index is 1.41. The molecule has 0 aromatic rings. The molecule has 1 saturated carbocycles. The Morgan fingerprint density at radius 1 is 1.38 bits per heavy atom. The predicted molar refractivity (Wildman–Crippen MR) is 81.8 cm³/mol. The van der Waals surface area contributed by atoms with Crippen LogP contribution in [0.4, 0.5) is 0 Å². The number of amides is 1. The van der Waals surface area contributed by atoms with Crippen LogP contribution in [-0.2, 0) is 9.53 Å². The first-order chi connectivity index (χ1) is 10.1. The van der Waals surface area contributed by atoms with Crippen molar-refractivity contribution < 1.29 is 9.53 Å². The molecule has 2 aliphatic heterocycles. The maximum Gasteiger partial charge on any atom is 0.223 e. The van der Waals surface area contributed by atoms with Crippen molar-refractivity contribution in [2.45, 2.75) is 57.2 Å². The number of carbonyl (C=O) groups is 1. The monoisotopic (exact) mass is 295 g/mol. The molecule has 0 spiro atoms. The third kappa shape index (κ3) is 3.58. The van der Waals surface area contributed by atoms with Crippen molar-refractivity contribution in [3.63, 3.8) is 0 Å². The largest absolute Gasteiger partial charge is 0.373 e. The lowest BCUT2D eigenvalue weighted by atomic mass is 9.79. The Kier molecular flexibility index (Phi) is 4.82. The molecule has 1 amide bonds. The normalized spacial score (nSPS) is 40.8. The first kappa shape index (κ1) is 15.3. The number of nitrogens with two attached hydrogens (primary N) is 1. The zero-order chi connectivity index (χ0) is 14.8. The second kappa shape index (κ2) is 6.63. The van der Waals surface area contributed by atoms with Gasteiger partial charge in [-0.1, -0.05) is 6.92 Å². The molecule has 5 nitrogen and oxygen atoms in total. The number of carbonyl (C=O) groups excluding carboxylic acids is 1. The number of hydrogen-bond donors (Lipinski definition) is 2. The summed E-state index contributed by atoms with van der Waals surface area (Å²) < 4.78 is 5.89. The average Bonchev–Trinajstić information content (AvgIpc) is 2.95. The topological polar surface area (TPSA) is 67.6 Å². The van der Waals surface area contributed by atoms with E-state index in [1.165, 1.54) is 19.4 Å². The fourth-order valence-corrected chi connectivity index (χ4v) is 4.03. The Morgan fingerprint density at radius 2 is 2.24 bits per heavy atom. The van der Waals surface area contributed by atoms with E-state index in [1.807, 2.05) is 0 Å². The van der Waals surface area contributed by atoms with E-state index in [0.29, 0.717) is 18.5 Å². The molecule has 5 heteroatoms. The van der Waals surface area contributed by atoms with Crippen LogP contribution in [0.15, 0.2) is 0 Å². The molecule has 21 heavy (non-hydrogen) atoms. The van der Waals surface area contributed by atoms with Gasteiger partial charge in [0.1, 0.15) is 0 Å². The molecule has 1 aliphatic carbocycles. The van der Waals surface area contributed by atoms with Crippen molar-refractivity contribution in [1.29, 1.82) is 0 Å². The summed E-state index contributed by atoms with van der Waals surface area (Å²) in [4.78, 5) is 14.8. The fraction of sp³-hybridized carbons (Fsp3) is 0.938. The van der Waals surface area contributed by atoms with Gasteiger partial charge in [0, 0.05) is 31.1 Å². The van der Waals surface area contributed by atoms with Gasteiger partial charge < -0.3 is 15.8 Å². The quantitative estimate of drug-likeness (QED) is 0.805. The minimum atomic E-state index is 0.142. The molecular formula is C16H29N3O2. The lowest BCUT2D eigenvalue weighted by Crippen LogP contribution is -2.51. The van der Waals surface area contributed by atoms with Gasteiger partial charge in [-0.05, 0) is 44.6 Å². The molecule has 5 atom stereocenters. The molecule has 0 aromatic heterocycles. The van der Waals surface area contributed by atoms with Crippen LogP contribution in [0.25, 0.3) is 0 Å². The number of morpholine rings is 1. The van der Waals surface area contributed by atoms with Crippen molar-refractivity contribution in [2.24, 2.45) is 17.6 Å². The number of nitrogens with one attached hydrogen (secondary N) is 1. The minimum absolute atomic E-state index is 0.142. The van der Waals surface area contributed by atoms with Gasteiger partial charge >= 0.3 is 0 Å². The van der Waals surface area contributed by atoms with E-state index in [4.69, 9.17) is 10.5 Å². The van der Waals surface area contributed by atoms with E-state index >= 15 is 0 Å². The Bertz CT molecular complexity index is 377. The SMILES string of the molecule is CC1CC(C(=O)NCC2CN3CCCC3CO2)CCC1N. The molecule has 3 aliphatic rings. The third-order valence-electron chi connectivity index (χ3n) is 5.57. The standard InChI is InChI=1S/C16H29N3O2/c1-11-7-12(4-5-15(11)17)16(20)18-8-14-9-19-6-2-3-13(19)10-21-14/h11-15H,2-10,17H2,1H3,(H,18,20). The summed E-state index contributed by atoms with van der Waals surface area (Å²) in [6.07, 6.45) is 5.52. The highest BCUT2D eigenvalue weighted by Gasteiger charge is 2.33. The number of hydrogen-bond acceptors (Lipinski definition) is 4. The summed E-state index contributed by atoms with van der Waals surface area (Å²) in [5.41, 5.74) is 6.02. The fourth-order valence-electron chi connectivity index (χ4n) is 4.03. The summed E-state index contributed by atoms with van der Waals surface area (Å²) in [6.45, 7) is 5.80. The summed E-state index contributed by atoms with van der Waals surface area (Å²) in [6, 6.07) is 0.889. The van der Waals surface area contributed by atoms with Crippen LogP contribution in [0.5, 0.6) is 0 Å². The zero-order valence-electron chi connectivity index (χ0n) is 13.1. The van der Waals surface area contributed by atoms with Crippen LogP contribution in [0.2, 0.25) is 0 Å². The van der Waals surface area contributed by atoms with Crippen LogP contribution in [-0.4, -0.2) is 55.2 Å². The lowest BCUT2D eigenvalue weighted by Gasteiger charge is -2.36. The van der Waals surface area contributed by atoms with E-state index in [1.54, 1.807) is 0 Å². The highest BCUT2D eigenvalue weighted by molar-refractivity contribution is 5.78. The van der Waals surface area contributed by atoms with Crippen LogP contribution in [0, 0.1) is 11.8 Å². The van der Waals surface area contributed by atoms with Crippen molar-refractivity contribution in [3.05, 3.63) is 0 Å². The van der Waals surface area contributed by atoms with Gasteiger partial charge in [-0.3, -0.25) is 9.69 Å². The van der Waals surface area contributed by atoms with Gasteiger partial charge in [-0.15, -0.1) is 0 Å².